The minimum Gasteiger partial charge on any atom is -0.397 e. The standard InChI is InChI=1S/C16H23N3O/c1-19(15(20)14-5-13(17)9-18-14)16-6-10-2-11(7-16)4-12(3-10)8-16/h5,9-12,18H,2-4,6-8,17H2,1H3. The zero-order valence-corrected chi connectivity index (χ0v) is 12.1. The van der Waals surface area contributed by atoms with Crippen molar-refractivity contribution in [1.82, 2.24) is 9.88 Å². The molecule has 0 aliphatic heterocycles. The van der Waals surface area contributed by atoms with Crippen LogP contribution in [-0.2, 0) is 0 Å². The number of hydrogen-bond donors (Lipinski definition) is 2. The van der Waals surface area contributed by atoms with Crippen LogP contribution in [0.15, 0.2) is 12.3 Å². The lowest BCUT2D eigenvalue weighted by atomic mass is 9.52. The Hall–Kier alpha value is -1.45. The molecular weight excluding hydrogens is 250 g/mol. The van der Waals surface area contributed by atoms with Crippen molar-refractivity contribution in [2.24, 2.45) is 17.8 Å². The maximum atomic E-state index is 12.7. The highest BCUT2D eigenvalue weighted by Crippen LogP contribution is 2.57. The number of carbonyl (C=O) groups is 1. The molecular formula is C16H23N3O. The summed E-state index contributed by atoms with van der Waals surface area (Å²) in [5.74, 6) is 2.66. The zero-order chi connectivity index (χ0) is 13.9. The number of nitrogens with one attached hydrogen (secondary N) is 1. The fraction of sp³-hybridized carbons (Fsp3) is 0.688. The molecule has 1 aromatic rings. The maximum absolute atomic E-state index is 12.7. The molecule has 0 saturated heterocycles. The van der Waals surface area contributed by atoms with Gasteiger partial charge >= 0.3 is 0 Å². The SMILES string of the molecule is CN(C(=O)c1cc(N)c[nH]1)C12CC3CC(CC(C3)C1)C2. The summed E-state index contributed by atoms with van der Waals surface area (Å²) in [5.41, 5.74) is 7.09. The van der Waals surface area contributed by atoms with Gasteiger partial charge in [-0.05, 0) is 62.3 Å². The lowest BCUT2D eigenvalue weighted by Gasteiger charge is -2.59. The Kier molecular flexibility index (Phi) is 2.48. The number of carbonyl (C=O) groups excluding carboxylic acids is 1. The summed E-state index contributed by atoms with van der Waals surface area (Å²) < 4.78 is 0. The zero-order valence-electron chi connectivity index (χ0n) is 12.1. The van der Waals surface area contributed by atoms with Gasteiger partial charge in [0, 0.05) is 24.5 Å². The molecule has 108 valence electrons. The van der Waals surface area contributed by atoms with Crippen LogP contribution in [0.2, 0.25) is 0 Å². The average Bonchev–Trinajstić information content (AvgIpc) is 2.82. The number of hydrogen-bond acceptors (Lipinski definition) is 2. The van der Waals surface area contributed by atoms with E-state index in [9.17, 15) is 4.79 Å². The number of H-pyrrole nitrogens is 1. The molecule has 3 N–H and O–H groups in total. The van der Waals surface area contributed by atoms with Gasteiger partial charge in [0.05, 0.1) is 0 Å². The van der Waals surface area contributed by atoms with Crippen molar-refractivity contribution >= 4 is 11.6 Å². The quantitative estimate of drug-likeness (QED) is 0.870. The first-order valence-corrected chi connectivity index (χ1v) is 7.78. The topological polar surface area (TPSA) is 62.1 Å². The van der Waals surface area contributed by atoms with E-state index in [0.717, 1.165) is 17.8 Å². The van der Waals surface area contributed by atoms with Crippen LogP contribution in [0.4, 0.5) is 5.69 Å². The van der Waals surface area contributed by atoms with Crippen molar-refractivity contribution in [3.05, 3.63) is 18.0 Å². The molecule has 0 radical (unpaired) electrons. The van der Waals surface area contributed by atoms with E-state index in [1.54, 1.807) is 12.3 Å². The molecule has 0 atom stereocenters. The number of anilines is 1. The Morgan fingerprint density at radius 3 is 2.25 bits per heavy atom. The van der Waals surface area contributed by atoms with E-state index in [0.29, 0.717) is 11.4 Å². The molecule has 4 nitrogen and oxygen atoms in total. The lowest BCUT2D eigenvalue weighted by molar-refractivity contribution is -0.0667. The normalized spacial score (nSPS) is 38.1. The first kappa shape index (κ1) is 12.3. The van der Waals surface area contributed by atoms with Crippen molar-refractivity contribution in [1.29, 1.82) is 0 Å². The molecule has 1 heterocycles. The number of nitrogen functional groups attached to an aromatic ring is 1. The molecule has 0 unspecified atom stereocenters. The molecule has 4 heteroatoms. The molecule has 0 spiro atoms. The number of nitrogens with zero attached hydrogens (tertiary/aromatic N) is 1. The predicted octanol–water partition coefficient (Wildman–Crippen LogP) is 2.64. The Bertz CT molecular complexity index is 512. The van der Waals surface area contributed by atoms with Gasteiger partial charge < -0.3 is 15.6 Å². The lowest BCUT2D eigenvalue weighted by Crippen LogP contribution is -2.60. The van der Waals surface area contributed by atoms with Crippen LogP contribution in [0, 0.1) is 17.8 Å². The molecule has 4 aliphatic rings. The Morgan fingerprint density at radius 2 is 1.80 bits per heavy atom. The number of amides is 1. The molecule has 20 heavy (non-hydrogen) atoms. The summed E-state index contributed by atoms with van der Waals surface area (Å²) in [6.45, 7) is 0. The highest BCUT2D eigenvalue weighted by molar-refractivity contribution is 5.93. The van der Waals surface area contributed by atoms with Gasteiger partial charge in [-0.2, -0.15) is 0 Å². The van der Waals surface area contributed by atoms with Crippen molar-refractivity contribution < 1.29 is 4.79 Å². The van der Waals surface area contributed by atoms with Gasteiger partial charge in [-0.15, -0.1) is 0 Å². The fourth-order valence-electron chi connectivity index (χ4n) is 5.41. The van der Waals surface area contributed by atoms with E-state index in [1.807, 2.05) is 11.9 Å². The Morgan fingerprint density at radius 1 is 1.25 bits per heavy atom. The minimum absolute atomic E-state index is 0.101. The first-order valence-electron chi connectivity index (χ1n) is 7.78. The van der Waals surface area contributed by atoms with Crippen LogP contribution >= 0.6 is 0 Å². The minimum atomic E-state index is 0.101. The number of aromatic amines is 1. The molecule has 1 aromatic heterocycles. The van der Waals surface area contributed by atoms with E-state index < -0.39 is 0 Å². The number of aromatic nitrogens is 1. The molecule has 4 fully saturated rings. The van der Waals surface area contributed by atoms with Crippen molar-refractivity contribution in [3.63, 3.8) is 0 Å². The third-order valence-corrected chi connectivity index (χ3v) is 5.96. The van der Waals surface area contributed by atoms with Crippen molar-refractivity contribution in [2.75, 3.05) is 12.8 Å². The largest absolute Gasteiger partial charge is 0.397 e. The summed E-state index contributed by atoms with van der Waals surface area (Å²) in [5, 5.41) is 0. The second-order valence-corrected chi connectivity index (χ2v) is 7.35. The highest BCUT2D eigenvalue weighted by Gasteiger charge is 2.53. The fourth-order valence-corrected chi connectivity index (χ4v) is 5.41. The Labute approximate surface area is 119 Å². The van der Waals surface area contributed by atoms with Gasteiger partial charge in [0.25, 0.3) is 5.91 Å². The van der Waals surface area contributed by atoms with E-state index in [1.165, 1.54) is 38.5 Å². The third kappa shape index (κ3) is 1.70. The van der Waals surface area contributed by atoms with Gasteiger partial charge in [0.1, 0.15) is 5.69 Å². The van der Waals surface area contributed by atoms with E-state index >= 15 is 0 Å². The summed E-state index contributed by atoms with van der Waals surface area (Å²) in [7, 11) is 1.99. The van der Waals surface area contributed by atoms with Crippen molar-refractivity contribution in [3.8, 4) is 0 Å². The van der Waals surface area contributed by atoms with Crippen LogP contribution in [-0.4, -0.2) is 28.4 Å². The van der Waals surface area contributed by atoms with Crippen LogP contribution < -0.4 is 5.73 Å². The number of nitrogens with two attached hydrogens (primary N) is 1. The van der Waals surface area contributed by atoms with Gasteiger partial charge in [-0.25, -0.2) is 0 Å². The van der Waals surface area contributed by atoms with Crippen LogP contribution in [0.3, 0.4) is 0 Å². The molecule has 0 aromatic carbocycles. The summed E-state index contributed by atoms with van der Waals surface area (Å²) in [4.78, 5) is 17.7. The molecule has 1 amide bonds. The smallest absolute Gasteiger partial charge is 0.270 e. The summed E-state index contributed by atoms with van der Waals surface area (Å²) in [6, 6.07) is 1.75. The first-order chi connectivity index (χ1) is 9.56. The van der Waals surface area contributed by atoms with Crippen LogP contribution in [0.25, 0.3) is 0 Å². The average molecular weight is 273 g/mol. The highest BCUT2D eigenvalue weighted by atomic mass is 16.2. The van der Waals surface area contributed by atoms with E-state index in [2.05, 4.69) is 4.98 Å². The van der Waals surface area contributed by atoms with E-state index in [4.69, 9.17) is 5.73 Å². The second kappa shape index (κ2) is 4.03. The van der Waals surface area contributed by atoms with Gasteiger partial charge in [-0.3, -0.25) is 4.79 Å². The van der Waals surface area contributed by atoms with E-state index in [-0.39, 0.29) is 11.4 Å². The van der Waals surface area contributed by atoms with Crippen LogP contribution in [0.1, 0.15) is 49.0 Å². The molecule has 4 saturated carbocycles. The monoisotopic (exact) mass is 273 g/mol. The Balaban J connectivity index is 1.61. The van der Waals surface area contributed by atoms with Crippen LogP contribution in [0.5, 0.6) is 0 Å². The van der Waals surface area contributed by atoms with Gasteiger partial charge in [-0.1, -0.05) is 0 Å². The molecule has 5 rings (SSSR count). The van der Waals surface area contributed by atoms with Crippen molar-refractivity contribution in [2.45, 2.75) is 44.1 Å². The summed E-state index contributed by atoms with van der Waals surface area (Å²) in [6.07, 6.45) is 9.51. The molecule has 4 bridgehead atoms. The summed E-state index contributed by atoms with van der Waals surface area (Å²) >= 11 is 0. The second-order valence-electron chi connectivity index (χ2n) is 7.35. The van der Waals surface area contributed by atoms with Gasteiger partial charge in [0.15, 0.2) is 0 Å². The van der Waals surface area contributed by atoms with Gasteiger partial charge in [0.2, 0.25) is 0 Å². The third-order valence-electron chi connectivity index (χ3n) is 5.96. The maximum Gasteiger partial charge on any atom is 0.270 e. The molecule has 4 aliphatic carbocycles. The predicted molar refractivity (Wildman–Crippen MR) is 78.2 cm³/mol. The number of rotatable bonds is 2.